The van der Waals surface area contributed by atoms with Gasteiger partial charge in [-0.05, 0) is 18.4 Å². The van der Waals surface area contributed by atoms with Crippen molar-refractivity contribution in [1.82, 2.24) is 14.9 Å². The Morgan fingerprint density at radius 3 is 3.18 bits per heavy atom. The minimum absolute atomic E-state index is 0.0808. The molecule has 6 nitrogen and oxygen atoms in total. The number of aryl methyl sites for hydroxylation is 1. The molecule has 2 aromatic heterocycles. The maximum atomic E-state index is 12.4. The molecule has 0 aromatic carbocycles. The molecule has 0 bridgehead atoms. The summed E-state index contributed by atoms with van der Waals surface area (Å²) in [7, 11) is 0. The van der Waals surface area contributed by atoms with Gasteiger partial charge in [-0.3, -0.25) is 9.59 Å². The summed E-state index contributed by atoms with van der Waals surface area (Å²) in [5.74, 6) is 0.630. The second-order valence-corrected chi connectivity index (χ2v) is 6.24. The number of nitrogens with one attached hydrogen (secondary N) is 1. The number of ether oxygens (including phenoxy) is 1. The Morgan fingerprint density at radius 1 is 1.59 bits per heavy atom. The molecule has 116 valence electrons. The Labute approximate surface area is 131 Å². The summed E-state index contributed by atoms with van der Waals surface area (Å²) in [5.41, 5.74) is 0.378. The van der Waals surface area contributed by atoms with Gasteiger partial charge in [0.05, 0.1) is 25.3 Å². The number of thiophene rings is 1. The number of rotatable bonds is 3. The Kier molecular flexibility index (Phi) is 4.35. The molecule has 0 radical (unpaired) electrons. The van der Waals surface area contributed by atoms with Crippen LogP contribution in [0.5, 0.6) is 0 Å². The number of carbonyl (C=O) groups is 1. The predicted octanol–water partition coefficient (Wildman–Crippen LogP) is 1.28. The highest BCUT2D eigenvalue weighted by molar-refractivity contribution is 7.10. The van der Waals surface area contributed by atoms with Gasteiger partial charge in [-0.25, -0.2) is 4.98 Å². The van der Waals surface area contributed by atoms with Crippen molar-refractivity contribution in [3.8, 4) is 0 Å². The molecule has 1 fully saturated rings. The molecule has 1 N–H and O–H groups in total. The first-order chi connectivity index (χ1) is 10.6. The Morgan fingerprint density at radius 2 is 2.45 bits per heavy atom. The number of hydrogen-bond acceptors (Lipinski definition) is 5. The third-order valence-corrected chi connectivity index (χ3v) is 4.41. The quantitative estimate of drug-likeness (QED) is 0.925. The van der Waals surface area contributed by atoms with Crippen molar-refractivity contribution < 1.29 is 9.53 Å². The Bertz CT molecular complexity index is 711. The van der Waals surface area contributed by atoms with Crippen LogP contribution in [0.3, 0.4) is 0 Å². The molecule has 3 rings (SSSR count). The fourth-order valence-corrected chi connectivity index (χ4v) is 3.19. The molecule has 7 heteroatoms. The van der Waals surface area contributed by atoms with Gasteiger partial charge < -0.3 is 14.6 Å². The Hall–Kier alpha value is -1.99. The molecule has 22 heavy (non-hydrogen) atoms. The molecule has 2 aromatic rings. The van der Waals surface area contributed by atoms with Crippen molar-refractivity contribution >= 4 is 17.2 Å². The van der Waals surface area contributed by atoms with Crippen molar-refractivity contribution in [2.45, 2.75) is 19.4 Å². The molecule has 1 atom stereocenters. The largest absolute Gasteiger partial charge is 0.368 e. The topological polar surface area (TPSA) is 75.3 Å². The van der Waals surface area contributed by atoms with Gasteiger partial charge in [-0.2, -0.15) is 0 Å². The third-order valence-electron chi connectivity index (χ3n) is 3.53. The summed E-state index contributed by atoms with van der Waals surface area (Å²) in [6, 6.07) is 5.34. The molecule has 1 aliphatic rings. The van der Waals surface area contributed by atoms with E-state index in [1.165, 1.54) is 6.07 Å². The maximum Gasteiger partial charge on any atom is 0.251 e. The fraction of sp³-hybridized carbons (Fsp3) is 0.400. The molecular weight excluding hydrogens is 302 g/mol. The minimum atomic E-state index is -0.345. The normalized spacial score (nSPS) is 18.4. The van der Waals surface area contributed by atoms with Gasteiger partial charge in [0.2, 0.25) is 5.91 Å². The Balaban J connectivity index is 1.71. The zero-order chi connectivity index (χ0) is 15.5. The lowest BCUT2D eigenvalue weighted by Crippen LogP contribution is -2.43. The lowest BCUT2D eigenvalue weighted by molar-refractivity contribution is -0.138. The molecule has 0 spiro atoms. The van der Waals surface area contributed by atoms with Crippen LogP contribution in [0.25, 0.3) is 0 Å². The van der Waals surface area contributed by atoms with Crippen LogP contribution in [0, 0.1) is 6.92 Å². The first-order valence-corrected chi connectivity index (χ1v) is 7.99. The summed E-state index contributed by atoms with van der Waals surface area (Å²) in [4.78, 5) is 33.7. The molecule has 0 aliphatic carbocycles. The zero-order valence-electron chi connectivity index (χ0n) is 12.2. The smallest absolute Gasteiger partial charge is 0.251 e. The van der Waals surface area contributed by atoms with Gasteiger partial charge in [-0.1, -0.05) is 6.07 Å². The summed E-state index contributed by atoms with van der Waals surface area (Å²) >= 11 is 1.58. The van der Waals surface area contributed by atoms with E-state index in [1.54, 1.807) is 23.2 Å². The maximum absolute atomic E-state index is 12.4. The van der Waals surface area contributed by atoms with Crippen LogP contribution >= 0.6 is 11.3 Å². The number of H-pyrrole nitrogens is 1. The van der Waals surface area contributed by atoms with Crippen molar-refractivity contribution in [3.05, 3.63) is 50.3 Å². The highest BCUT2D eigenvalue weighted by atomic mass is 32.1. The zero-order valence-corrected chi connectivity index (χ0v) is 13.1. The van der Waals surface area contributed by atoms with E-state index in [1.807, 2.05) is 17.5 Å². The first-order valence-electron chi connectivity index (χ1n) is 7.11. The molecule has 0 saturated carbocycles. The molecule has 1 amide bonds. The predicted molar refractivity (Wildman–Crippen MR) is 82.9 cm³/mol. The number of aromatic amines is 1. The van der Waals surface area contributed by atoms with Gasteiger partial charge in [0.1, 0.15) is 11.9 Å². The monoisotopic (exact) mass is 319 g/mol. The highest BCUT2D eigenvalue weighted by Gasteiger charge is 2.26. The molecule has 1 saturated heterocycles. The van der Waals surface area contributed by atoms with E-state index in [0.29, 0.717) is 37.6 Å². The van der Waals surface area contributed by atoms with E-state index in [2.05, 4.69) is 9.97 Å². The number of nitrogens with zero attached hydrogens (tertiary/aromatic N) is 2. The number of amides is 1. The van der Waals surface area contributed by atoms with Crippen LogP contribution in [0.15, 0.2) is 28.4 Å². The van der Waals surface area contributed by atoms with Gasteiger partial charge in [0.25, 0.3) is 5.56 Å². The van der Waals surface area contributed by atoms with Crippen LogP contribution in [-0.4, -0.2) is 40.5 Å². The van der Waals surface area contributed by atoms with E-state index >= 15 is 0 Å². The number of morpholine rings is 1. The second-order valence-electron chi connectivity index (χ2n) is 5.21. The minimum Gasteiger partial charge on any atom is -0.368 e. The highest BCUT2D eigenvalue weighted by Crippen LogP contribution is 2.21. The number of aromatic nitrogens is 2. The fourth-order valence-electron chi connectivity index (χ4n) is 2.50. The SMILES string of the molecule is Cc1nc([C@H]2CN(C(=O)Cc3cccs3)CCO2)cc(=O)[nH]1. The van der Waals surface area contributed by atoms with E-state index in [-0.39, 0.29) is 17.6 Å². The number of carbonyl (C=O) groups excluding carboxylic acids is 1. The molecule has 1 aliphatic heterocycles. The van der Waals surface area contributed by atoms with E-state index in [9.17, 15) is 9.59 Å². The summed E-state index contributed by atoms with van der Waals surface area (Å²) in [5, 5.41) is 1.97. The van der Waals surface area contributed by atoms with Crippen molar-refractivity contribution in [2.24, 2.45) is 0 Å². The lowest BCUT2D eigenvalue weighted by atomic mass is 10.2. The number of hydrogen-bond donors (Lipinski definition) is 1. The summed E-state index contributed by atoms with van der Waals surface area (Å²) < 4.78 is 5.68. The summed E-state index contributed by atoms with van der Waals surface area (Å²) in [6.45, 7) is 3.19. The molecular formula is C15H17N3O3S. The van der Waals surface area contributed by atoms with Gasteiger partial charge in [-0.15, -0.1) is 11.3 Å². The van der Waals surface area contributed by atoms with Crippen molar-refractivity contribution in [1.29, 1.82) is 0 Å². The average Bonchev–Trinajstić information content (AvgIpc) is 2.99. The van der Waals surface area contributed by atoms with Gasteiger partial charge >= 0.3 is 0 Å². The van der Waals surface area contributed by atoms with Crippen LogP contribution < -0.4 is 5.56 Å². The summed E-state index contributed by atoms with van der Waals surface area (Å²) in [6.07, 6.45) is 0.0636. The van der Waals surface area contributed by atoms with Crippen molar-refractivity contribution in [2.75, 3.05) is 19.7 Å². The van der Waals surface area contributed by atoms with E-state index in [0.717, 1.165) is 4.88 Å². The molecule has 0 unspecified atom stereocenters. The van der Waals surface area contributed by atoms with Gasteiger partial charge in [0.15, 0.2) is 0 Å². The first kappa shape index (κ1) is 14.9. The third kappa shape index (κ3) is 3.42. The van der Waals surface area contributed by atoms with Crippen molar-refractivity contribution in [3.63, 3.8) is 0 Å². The standard InChI is InChI=1S/C15H17N3O3S/c1-10-16-12(8-14(19)17-10)13-9-18(4-5-21-13)15(20)7-11-3-2-6-22-11/h2-3,6,8,13H,4-5,7,9H2,1H3,(H,16,17,19)/t13-/m1/s1. The van der Waals surface area contributed by atoms with Crippen LogP contribution in [-0.2, 0) is 16.0 Å². The van der Waals surface area contributed by atoms with Gasteiger partial charge in [0, 0.05) is 17.5 Å². The molecule has 3 heterocycles. The van der Waals surface area contributed by atoms with Crippen LogP contribution in [0.1, 0.15) is 22.5 Å². The van der Waals surface area contributed by atoms with E-state index in [4.69, 9.17) is 4.74 Å². The van der Waals surface area contributed by atoms with Crippen LogP contribution in [0.4, 0.5) is 0 Å². The van der Waals surface area contributed by atoms with Crippen LogP contribution in [0.2, 0.25) is 0 Å². The lowest BCUT2D eigenvalue weighted by Gasteiger charge is -2.32. The second kappa shape index (κ2) is 6.41. The van der Waals surface area contributed by atoms with E-state index < -0.39 is 0 Å². The average molecular weight is 319 g/mol.